The minimum absolute atomic E-state index is 0.503. The lowest BCUT2D eigenvalue weighted by molar-refractivity contribution is 0.619. The van der Waals surface area contributed by atoms with Gasteiger partial charge in [0, 0.05) is 43.1 Å². The number of rotatable bonds is 6. The molecule has 8 heteroatoms. The summed E-state index contributed by atoms with van der Waals surface area (Å²) in [6.45, 7) is 17.6. The number of hydrogen-bond donors (Lipinski definition) is 0. The molecule has 6 heterocycles. The van der Waals surface area contributed by atoms with E-state index in [0.717, 1.165) is 98.8 Å². The first-order chi connectivity index (χ1) is 40.9. The Bertz CT molecular complexity index is 4800. The lowest BCUT2D eigenvalue weighted by Gasteiger charge is -2.29. The Hall–Kier alpha value is -10.0. The fourth-order valence-electron chi connectivity index (χ4n) is 13.9. The van der Waals surface area contributed by atoms with Crippen LogP contribution in [0.3, 0.4) is 0 Å². The molecule has 0 aliphatic heterocycles. The van der Waals surface area contributed by atoms with E-state index in [9.17, 15) is 0 Å². The molecule has 0 N–H and O–H groups in total. The number of benzene rings is 11. The molecule has 0 fully saturated rings. The summed E-state index contributed by atoms with van der Waals surface area (Å²) in [5.74, 6) is 0.503. The van der Waals surface area contributed by atoms with Crippen molar-refractivity contribution in [2.45, 2.75) is 55.4 Å². The summed E-state index contributed by atoms with van der Waals surface area (Å²) in [5.41, 5.74) is 26.1. The van der Waals surface area contributed by atoms with Gasteiger partial charge >= 0.3 is 0 Å². The number of thiazole rings is 1. The van der Waals surface area contributed by atoms with Gasteiger partial charge in [-0.3, -0.25) is 0 Å². The second-order valence-corrected chi connectivity index (χ2v) is 24.7. The lowest BCUT2D eigenvalue weighted by atomic mass is 9.97. The molecule has 0 saturated heterocycles. The van der Waals surface area contributed by atoms with Crippen LogP contribution >= 0.6 is 11.3 Å². The summed E-state index contributed by atoms with van der Waals surface area (Å²) < 4.78 is 18.9. The minimum Gasteiger partial charge on any atom is -0.436 e. The fourth-order valence-corrected chi connectivity index (χ4v) is 14.9. The minimum atomic E-state index is 0.503. The van der Waals surface area contributed by atoms with Gasteiger partial charge in [0.2, 0.25) is 5.89 Å². The molecule has 11 aromatic carbocycles. The van der Waals surface area contributed by atoms with E-state index in [1.54, 1.807) is 11.3 Å². The largest absolute Gasteiger partial charge is 0.436 e. The van der Waals surface area contributed by atoms with Gasteiger partial charge in [-0.25, -0.2) is 9.97 Å². The van der Waals surface area contributed by atoms with E-state index in [-0.39, 0.29) is 0 Å². The summed E-state index contributed by atoms with van der Waals surface area (Å²) in [6.07, 6.45) is 0. The maximum absolute atomic E-state index is 7.54. The van der Waals surface area contributed by atoms with Crippen LogP contribution < -0.4 is 0 Å². The van der Waals surface area contributed by atoms with Crippen LogP contribution in [-0.4, -0.2) is 28.2 Å². The third-order valence-corrected chi connectivity index (χ3v) is 18.7. The Labute approximate surface area is 488 Å². The SMILES string of the molecule is Cc1ccc2c(c1)c1cc(C)ccc1n2-c1c(-c2nc3ccccc3o2)c(-n2c3ccc(C)cc3c3cc(C)ccc32)c(-n2c3ccc(C)cc3c3cc(C)ccc32)c(-c2nc3ccccc3s2)c1-n1c2ccc(C)cc2c2cc(C)ccc21. The van der Waals surface area contributed by atoms with Crippen LogP contribution in [-0.2, 0) is 0 Å². The number of nitrogens with zero attached hydrogens (tertiary/aromatic N) is 6. The third kappa shape index (κ3) is 6.98. The van der Waals surface area contributed by atoms with Crippen molar-refractivity contribution in [1.29, 1.82) is 0 Å². The van der Waals surface area contributed by atoms with Gasteiger partial charge in [-0.1, -0.05) is 117 Å². The molecule has 6 aromatic heterocycles. The number of oxazole rings is 1. The zero-order valence-electron chi connectivity index (χ0n) is 48.0. The first-order valence-electron chi connectivity index (χ1n) is 29.0. The normalized spacial score (nSPS) is 12.3. The Morgan fingerprint density at radius 3 is 0.893 bits per heavy atom. The van der Waals surface area contributed by atoms with Crippen molar-refractivity contribution in [3.63, 3.8) is 0 Å². The summed E-state index contributed by atoms with van der Waals surface area (Å²) in [6, 6.07) is 72.6. The molecule has 0 aliphatic carbocycles. The monoisotopic (exact) mass is 1100 g/mol. The van der Waals surface area contributed by atoms with Gasteiger partial charge in [0.1, 0.15) is 10.5 Å². The molecule has 402 valence electrons. The molecule has 7 nitrogen and oxygen atoms in total. The number of aromatic nitrogens is 6. The van der Waals surface area contributed by atoms with Crippen molar-refractivity contribution >= 4 is 120 Å². The molecule has 0 unspecified atom stereocenters. The standard InChI is InChI=1S/C76H56N6OS/c1-41-17-25-59-49(33-41)50-34-42(2)18-26-60(50)79(59)71-69(75-77-57-13-9-11-15-67(57)83-75)72(80-61-27-19-43(3)35-51(61)52-36-44(4)20-28-62(52)80)74(82-65-31-23-47(7)39-55(65)56-40-48(8)24-32-66(56)82)70(76-78-58-14-10-12-16-68(58)84-76)73(71)81-63-29-21-45(5)37-53(63)54-38-46(6)22-30-64(54)81/h9-40H,1-8H3. The Kier molecular flexibility index (Phi) is 10.3. The molecule has 0 radical (unpaired) electrons. The number of aryl methyl sites for hydroxylation is 8. The quantitative estimate of drug-likeness (QED) is 0.167. The van der Waals surface area contributed by atoms with Crippen LogP contribution in [0.5, 0.6) is 0 Å². The Morgan fingerprint density at radius 2 is 0.583 bits per heavy atom. The highest BCUT2D eigenvalue weighted by Gasteiger charge is 2.38. The molecule has 84 heavy (non-hydrogen) atoms. The van der Waals surface area contributed by atoms with Gasteiger partial charge in [-0.05, 0) is 177 Å². The molecule has 0 bridgehead atoms. The van der Waals surface area contributed by atoms with Gasteiger partial charge in [-0.15, -0.1) is 11.3 Å². The third-order valence-electron chi connectivity index (χ3n) is 17.6. The van der Waals surface area contributed by atoms with E-state index < -0.39 is 0 Å². The molecule has 0 atom stereocenters. The highest BCUT2D eigenvalue weighted by molar-refractivity contribution is 7.21. The molecule has 0 aliphatic rings. The van der Waals surface area contributed by atoms with Crippen LogP contribution in [0.4, 0.5) is 0 Å². The number of hydrogen-bond acceptors (Lipinski definition) is 4. The topological polar surface area (TPSA) is 58.6 Å². The van der Waals surface area contributed by atoms with Crippen LogP contribution in [0.25, 0.3) is 153 Å². The van der Waals surface area contributed by atoms with E-state index >= 15 is 0 Å². The van der Waals surface area contributed by atoms with E-state index in [0.29, 0.717) is 11.5 Å². The molecular weight excluding hydrogens is 1040 g/mol. The van der Waals surface area contributed by atoms with E-state index in [1.807, 2.05) is 6.07 Å². The Morgan fingerprint density at radius 1 is 0.298 bits per heavy atom. The molecule has 17 aromatic rings. The van der Waals surface area contributed by atoms with Crippen molar-refractivity contribution in [3.05, 3.63) is 239 Å². The second-order valence-electron chi connectivity index (χ2n) is 23.6. The molecule has 0 saturated carbocycles. The van der Waals surface area contributed by atoms with Gasteiger partial charge in [-0.2, -0.15) is 0 Å². The molecule has 0 spiro atoms. The number of para-hydroxylation sites is 3. The van der Waals surface area contributed by atoms with Gasteiger partial charge in [0.15, 0.2) is 5.58 Å². The first-order valence-corrected chi connectivity index (χ1v) is 29.8. The average Bonchev–Trinajstić information content (AvgIpc) is 1.44. The average molecular weight is 1100 g/mol. The van der Waals surface area contributed by atoms with Crippen molar-refractivity contribution in [2.75, 3.05) is 0 Å². The zero-order chi connectivity index (χ0) is 56.5. The van der Waals surface area contributed by atoms with Gasteiger partial charge in [0.05, 0.1) is 88.2 Å². The lowest BCUT2D eigenvalue weighted by Crippen LogP contribution is -2.16. The van der Waals surface area contributed by atoms with Crippen LogP contribution in [0.2, 0.25) is 0 Å². The number of fused-ring (bicyclic) bond motifs is 14. The smallest absolute Gasteiger partial charge is 0.231 e. The predicted octanol–water partition coefficient (Wildman–Crippen LogP) is 20.6. The van der Waals surface area contributed by atoms with Crippen molar-refractivity contribution in [2.24, 2.45) is 0 Å². The molecular formula is C76H56N6OS. The summed E-state index contributed by atoms with van der Waals surface area (Å²) >= 11 is 1.75. The van der Waals surface area contributed by atoms with E-state index in [2.05, 4.69) is 262 Å². The molecule has 17 rings (SSSR count). The maximum Gasteiger partial charge on any atom is 0.231 e. The second kappa shape index (κ2) is 17.7. The van der Waals surface area contributed by atoms with E-state index in [4.69, 9.17) is 14.4 Å². The maximum atomic E-state index is 7.54. The van der Waals surface area contributed by atoms with Gasteiger partial charge < -0.3 is 22.7 Å². The van der Waals surface area contributed by atoms with Crippen LogP contribution in [0.1, 0.15) is 44.5 Å². The summed E-state index contributed by atoms with van der Waals surface area (Å²) in [7, 11) is 0. The van der Waals surface area contributed by atoms with Crippen LogP contribution in [0.15, 0.2) is 199 Å². The van der Waals surface area contributed by atoms with Crippen molar-refractivity contribution < 1.29 is 4.42 Å². The van der Waals surface area contributed by atoms with Gasteiger partial charge in [0.25, 0.3) is 0 Å². The summed E-state index contributed by atoms with van der Waals surface area (Å²) in [5, 5.41) is 10.2. The predicted molar refractivity (Wildman–Crippen MR) is 353 cm³/mol. The van der Waals surface area contributed by atoms with Crippen LogP contribution in [0, 0.1) is 55.4 Å². The first kappa shape index (κ1) is 48.7. The van der Waals surface area contributed by atoms with Crippen molar-refractivity contribution in [1.82, 2.24) is 28.2 Å². The van der Waals surface area contributed by atoms with Crippen molar-refractivity contribution in [3.8, 4) is 44.8 Å². The highest BCUT2D eigenvalue weighted by atomic mass is 32.1. The van der Waals surface area contributed by atoms with E-state index in [1.165, 1.54) is 87.6 Å². The Balaban J connectivity index is 1.27. The molecule has 0 amide bonds. The fraction of sp³-hybridized carbons (Fsp3) is 0.105. The highest BCUT2D eigenvalue weighted by Crippen LogP contribution is 2.56. The zero-order valence-corrected chi connectivity index (χ0v) is 48.8. The summed E-state index contributed by atoms with van der Waals surface area (Å²) in [4.78, 5) is 11.7.